The lowest BCUT2D eigenvalue weighted by Crippen LogP contribution is -2.37. The first-order chi connectivity index (χ1) is 15.0. The molecule has 0 bridgehead atoms. The third-order valence-electron chi connectivity index (χ3n) is 5.64. The fraction of sp³-hybridized carbons (Fsp3) is 0.320. The van der Waals surface area contributed by atoms with E-state index in [0.29, 0.717) is 41.1 Å². The number of hydrogen-bond donors (Lipinski definition) is 0. The monoisotopic (exact) mass is 421 g/mol. The maximum atomic E-state index is 14.0. The van der Waals surface area contributed by atoms with Gasteiger partial charge in [-0.3, -0.25) is 14.6 Å². The first kappa shape index (κ1) is 21.0. The van der Waals surface area contributed by atoms with Gasteiger partial charge in [-0.15, -0.1) is 0 Å². The standard InChI is InChI=1S/C25H24FNO4/c1-16-22(25(29)31-14-13-30-19-9-3-2-4-10-19)23(17-7-5-8-18(26)15-17)24-20(27-16)11-6-12-21(24)28/h2-5,7-10,15,22-23H,6,11-14H2,1H3/t22?,23-/m0/s1. The van der Waals surface area contributed by atoms with Crippen LogP contribution in [0.2, 0.25) is 0 Å². The van der Waals surface area contributed by atoms with E-state index in [-0.39, 0.29) is 19.0 Å². The van der Waals surface area contributed by atoms with Gasteiger partial charge in [0.2, 0.25) is 0 Å². The predicted octanol–water partition coefficient (Wildman–Crippen LogP) is 4.63. The third-order valence-corrected chi connectivity index (χ3v) is 5.64. The normalized spacial score (nSPS) is 20.7. The number of ketones is 1. The molecule has 0 N–H and O–H groups in total. The fourth-order valence-corrected chi connectivity index (χ4v) is 4.28. The Labute approximate surface area is 180 Å². The summed E-state index contributed by atoms with van der Waals surface area (Å²) in [6, 6.07) is 15.3. The van der Waals surface area contributed by atoms with Gasteiger partial charge in [-0.1, -0.05) is 30.3 Å². The molecule has 0 saturated heterocycles. The molecule has 1 heterocycles. The van der Waals surface area contributed by atoms with Gasteiger partial charge in [0.1, 0.15) is 30.7 Å². The zero-order chi connectivity index (χ0) is 21.8. The lowest BCUT2D eigenvalue weighted by molar-refractivity contribution is -0.147. The van der Waals surface area contributed by atoms with E-state index in [9.17, 15) is 14.0 Å². The molecule has 1 aliphatic carbocycles. The van der Waals surface area contributed by atoms with Gasteiger partial charge < -0.3 is 9.47 Å². The molecule has 160 valence electrons. The van der Waals surface area contributed by atoms with Crippen molar-refractivity contribution in [2.45, 2.75) is 32.1 Å². The second-order valence-electron chi connectivity index (χ2n) is 7.73. The number of allylic oxidation sites excluding steroid dienone is 2. The van der Waals surface area contributed by atoms with Crippen LogP contribution in [0.3, 0.4) is 0 Å². The Bertz CT molecular complexity index is 1040. The van der Waals surface area contributed by atoms with Gasteiger partial charge in [-0.25, -0.2) is 4.39 Å². The van der Waals surface area contributed by atoms with Crippen molar-refractivity contribution in [1.29, 1.82) is 0 Å². The van der Waals surface area contributed by atoms with E-state index in [2.05, 4.69) is 4.99 Å². The SMILES string of the molecule is CC1=NC2=C(C(=O)CCC2)[C@@H](c2cccc(F)c2)C1C(=O)OCCOc1ccccc1. The molecule has 2 aliphatic rings. The summed E-state index contributed by atoms with van der Waals surface area (Å²) in [5.41, 5.74) is 2.39. The van der Waals surface area contributed by atoms with Crippen molar-refractivity contribution < 1.29 is 23.5 Å². The van der Waals surface area contributed by atoms with E-state index >= 15 is 0 Å². The quantitative estimate of drug-likeness (QED) is 0.504. The summed E-state index contributed by atoms with van der Waals surface area (Å²) in [4.78, 5) is 30.5. The van der Waals surface area contributed by atoms with E-state index in [4.69, 9.17) is 9.47 Å². The number of hydrogen-bond acceptors (Lipinski definition) is 5. The van der Waals surface area contributed by atoms with Crippen LogP contribution in [0.1, 0.15) is 37.7 Å². The first-order valence-corrected chi connectivity index (χ1v) is 10.5. The first-order valence-electron chi connectivity index (χ1n) is 10.5. The highest BCUT2D eigenvalue weighted by Crippen LogP contribution is 2.43. The van der Waals surface area contributed by atoms with Gasteiger partial charge >= 0.3 is 5.97 Å². The van der Waals surface area contributed by atoms with Crippen molar-refractivity contribution in [3.05, 3.63) is 77.2 Å². The maximum absolute atomic E-state index is 14.0. The third kappa shape index (κ3) is 4.58. The Morgan fingerprint density at radius 2 is 1.90 bits per heavy atom. The van der Waals surface area contributed by atoms with E-state index in [0.717, 1.165) is 6.42 Å². The summed E-state index contributed by atoms with van der Waals surface area (Å²) in [5.74, 6) is -1.62. The summed E-state index contributed by atoms with van der Waals surface area (Å²) >= 11 is 0. The van der Waals surface area contributed by atoms with E-state index in [1.54, 1.807) is 19.1 Å². The van der Waals surface area contributed by atoms with Crippen LogP contribution in [0.25, 0.3) is 0 Å². The van der Waals surface area contributed by atoms with Crippen LogP contribution in [-0.2, 0) is 14.3 Å². The smallest absolute Gasteiger partial charge is 0.315 e. The highest BCUT2D eigenvalue weighted by molar-refractivity contribution is 6.08. The molecule has 0 amide bonds. The number of para-hydroxylation sites is 1. The number of ether oxygens (including phenoxy) is 2. The highest BCUT2D eigenvalue weighted by Gasteiger charge is 2.43. The minimum Gasteiger partial charge on any atom is -0.490 e. The molecule has 0 radical (unpaired) electrons. The average Bonchev–Trinajstić information content (AvgIpc) is 2.76. The Balaban J connectivity index is 1.55. The number of benzene rings is 2. The number of Topliss-reactive ketones (excluding diaryl/α,β-unsaturated/α-hetero) is 1. The van der Waals surface area contributed by atoms with E-state index in [1.807, 2.05) is 30.3 Å². The minimum absolute atomic E-state index is 0.0306. The number of halogens is 1. The second kappa shape index (κ2) is 9.25. The molecule has 31 heavy (non-hydrogen) atoms. The zero-order valence-electron chi connectivity index (χ0n) is 17.3. The van der Waals surface area contributed by atoms with Gasteiger partial charge in [-0.2, -0.15) is 0 Å². The minimum atomic E-state index is -0.778. The molecular formula is C25H24FNO4. The molecule has 0 aromatic heterocycles. The molecular weight excluding hydrogens is 397 g/mol. The van der Waals surface area contributed by atoms with Crippen LogP contribution in [0.15, 0.2) is 70.9 Å². The van der Waals surface area contributed by atoms with Gasteiger partial charge in [0, 0.05) is 29.3 Å². The number of carbonyl (C=O) groups is 2. The zero-order valence-corrected chi connectivity index (χ0v) is 17.3. The molecule has 2 aromatic carbocycles. The van der Waals surface area contributed by atoms with E-state index in [1.165, 1.54) is 12.1 Å². The van der Waals surface area contributed by atoms with Crippen molar-refractivity contribution in [3.63, 3.8) is 0 Å². The van der Waals surface area contributed by atoms with Gasteiger partial charge in [0.05, 0.1) is 0 Å². The molecule has 6 heteroatoms. The molecule has 1 unspecified atom stereocenters. The lowest BCUT2D eigenvalue weighted by atomic mass is 9.72. The van der Waals surface area contributed by atoms with Crippen LogP contribution in [0.5, 0.6) is 5.75 Å². The summed E-state index contributed by atoms with van der Waals surface area (Å²) in [5, 5.41) is 0. The largest absolute Gasteiger partial charge is 0.490 e. The Morgan fingerprint density at radius 3 is 2.68 bits per heavy atom. The topological polar surface area (TPSA) is 65.0 Å². The van der Waals surface area contributed by atoms with E-state index < -0.39 is 23.6 Å². The van der Waals surface area contributed by atoms with Crippen LogP contribution >= 0.6 is 0 Å². The number of aliphatic imine (C=N–C) groups is 1. The number of rotatable bonds is 6. The van der Waals surface area contributed by atoms with Gasteiger partial charge in [0.15, 0.2) is 5.78 Å². The Morgan fingerprint density at radius 1 is 1.10 bits per heavy atom. The molecule has 5 nitrogen and oxygen atoms in total. The molecule has 4 rings (SSSR count). The summed E-state index contributed by atoms with van der Waals surface area (Å²) in [6.07, 6.45) is 1.82. The van der Waals surface area contributed by atoms with Gasteiger partial charge in [-0.05, 0) is 49.6 Å². The van der Waals surface area contributed by atoms with Crippen molar-refractivity contribution in [3.8, 4) is 5.75 Å². The van der Waals surface area contributed by atoms with Crippen LogP contribution in [-0.4, -0.2) is 30.7 Å². The lowest BCUT2D eigenvalue weighted by Gasteiger charge is -2.34. The Hall–Kier alpha value is -3.28. The van der Waals surface area contributed by atoms with Gasteiger partial charge in [0.25, 0.3) is 0 Å². The fourth-order valence-electron chi connectivity index (χ4n) is 4.28. The van der Waals surface area contributed by atoms with Crippen molar-refractivity contribution in [2.75, 3.05) is 13.2 Å². The molecule has 0 spiro atoms. The number of nitrogens with zero attached hydrogens (tertiary/aromatic N) is 1. The summed E-state index contributed by atoms with van der Waals surface area (Å²) in [7, 11) is 0. The number of esters is 1. The van der Waals surface area contributed by atoms with Crippen LogP contribution in [0, 0.1) is 11.7 Å². The average molecular weight is 421 g/mol. The summed E-state index contributed by atoms with van der Waals surface area (Å²) in [6.45, 7) is 2.03. The van der Waals surface area contributed by atoms with Crippen LogP contribution < -0.4 is 4.74 Å². The maximum Gasteiger partial charge on any atom is 0.315 e. The summed E-state index contributed by atoms with van der Waals surface area (Å²) < 4.78 is 25.1. The second-order valence-corrected chi connectivity index (χ2v) is 7.73. The molecule has 0 saturated carbocycles. The molecule has 0 fully saturated rings. The molecule has 1 aliphatic heterocycles. The van der Waals surface area contributed by atoms with Crippen molar-refractivity contribution in [1.82, 2.24) is 0 Å². The molecule has 2 atom stereocenters. The number of carbonyl (C=O) groups excluding carboxylic acids is 2. The molecule has 2 aromatic rings. The van der Waals surface area contributed by atoms with Crippen molar-refractivity contribution >= 4 is 17.5 Å². The van der Waals surface area contributed by atoms with Crippen molar-refractivity contribution in [2.24, 2.45) is 10.9 Å². The predicted molar refractivity (Wildman–Crippen MR) is 115 cm³/mol. The Kier molecular flexibility index (Phi) is 6.26. The highest BCUT2D eigenvalue weighted by atomic mass is 19.1. The van der Waals surface area contributed by atoms with Crippen LogP contribution in [0.4, 0.5) is 4.39 Å².